The smallest absolute Gasteiger partial charge is 0.260 e. The van der Waals surface area contributed by atoms with Crippen molar-refractivity contribution < 1.29 is 9.53 Å². The van der Waals surface area contributed by atoms with E-state index in [1.807, 2.05) is 19.9 Å². The number of carbonyl (C=O) groups is 1. The molecule has 0 radical (unpaired) electrons. The second kappa shape index (κ2) is 8.46. The molecule has 27 heavy (non-hydrogen) atoms. The van der Waals surface area contributed by atoms with E-state index in [1.54, 1.807) is 47.1 Å². The average molecular weight is 404 g/mol. The van der Waals surface area contributed by atoms with Crippen LogP contribution in [0, 0.1) is 6.92 Å². The minimum Gasteiger partial charge on any atom is -0.493 e. The van der Waals surface area contributed by atoms with Crippen LogP contribution in [0.3, 0.4) is 0 Å². The predicted octanol–water partition coefficient (Wildman–Crippen LogP) is 5.20. The Morgan fingerprint density at radius 3 is 2.56 bits per heavy atom. The zero-order valence-electron chi connectivity index (χ0n) is 15.0. The van der Waals surface area contributed by atoms with Gasteiger partial charge in [-0.05, 0) is 38.1 Å². The highest BCUT2D eigenvalue weighted by atomic mass is 35.5. The average Bonchev–Trinajstić information content (AvgIpc) is 2.98. The van der Waals surface area contributed by atoms with Crippen LogP contribution in [0.5, 0.6) is 5.75 Å². The first-order chi connectivity index (χ1) is 13.0. The third-order valence-corrected chi connectivity index (χ3v) is 4.73. The van der Waals surface area contributed by atoms with Crippen LogP contribution in [0.15, 0.2) is 48.5 Å². The molecule has 0 spiro atoms. The van der Waals surface area contributed by atoms with Crippen molar-refractivity contribution in [2.75, 3.05) is 11.9 Å². The zero-order valence-corrected chi connectivity index (χ0v) is 16.5. The molecule has 0 aliphatic carbocycles. The first-order valence-corrected chi connectivity index (χ1v) is 9.25. The van der Waals surface area contributed by atoms with E-state index in [-0.39, 0.29) is 5.91 Å². The number of aromatic nitrogens is 2. The van der Waals surface area contributed by atoms with E-state index in [0.29, 0.717) is 40.3 Å². The lowest BCUT2D eigenvalue weighted by molar-refractivity contribution is 0.102. The van der Waals surface area contributed by atoms with Crippen LogP contribution in [0.4, 0.5) is 5.82 Å². The Kier molecular flexibility index (Phi) is 6.04. The molecule has 0 atom stereocenters. The molecule has 3 rings (SSSR count). The van der Waals surface area contributed by atoms with Crippen LogP contribution in [0.25, 0.3) is 0 Å². The molecule has 140 valence electrons. The maximum absolute atomic E-state index is 12.6. The zero-order chi connectivity index (χ0) is 19.4. The van der Waals surface area contributed by atoms with Crippen LogP contribution in [0.1, 0.15) is 28.5 Å². The van der Waals surface area contributed by atoms with Gasteiger partial charge in [0.05, 0.1) is 18.7 Å². The number of halogens is 2. The largest absolute Gasteiger partial charge is 0.493 e. The van der Waals surface area contributed by atoms with Gasteiger partial charge >= 0.3 is 0 Å². The molecule has 0 aliphatic rings. The lowest BCUT2D eigenvalue weighted by Gasteiger charge is -2.09. The molecule has 7 heteroatoms. The summed E-state index contributed by atoms with van der Waals surface area (Å²) in [6.45, 7) is 4.67. The van der Waals surface area contributed by atoms with Crippen molar-refractivity contribution in [3.8, 4) is 5.75 Å². The molecule has 1 heterocycles. The van der Waals surface area contributed by atoms with E-state index < -0.39 is 0 Å². The van der Waals surface area contributed by atoms with Crippen molar-refractivity contribution in [3.63, 3.8) is 0 Å². The predicted molar refractivity (Wildman–Crippen MR) is 108 cm³/mol. The molecular weight excluding hydrogens is 385 g/mol. The number of hydrogen-bond acceptors (Lipinski definition) is 3. The molecule has 0 bridgehead atoms. The van der Waals surface area contributed by atoms with Crippen molar-refractivity contribution >= 4 is 34.9 Å². The molecule has 0 fully saturated rings. The Morgan fingerprint density at radius 1 is 1.15 bits per heavy atom. The van der Waals surface area contributed by atoms with Gasteiger partial charge in [-0.15, -0.1) is 0 Å². The third kappa shape index (κ3) is 4.43. The van der Waals surface area contributed by atoms with Gasteiger partial charge in [0.25, 0.3) is 5.91 Å². The normalized spacial score (nSPS) is 10.7. The summed E-state index contributed by atoms with van der Waals surface area (Å²) in [4.78, 5) is 12.6. The summed E-state index contributed by atoms with van der Waals surface area (Å²) in [5.41, 5.74) is 2.12. The number of hydrogen-bond donors (Lipinski definition) is 1. The summed E-state index contributed by atoms with van der Waals surface area (Å²) in [6, 6.07) is 14.3. The lowest BCUT2D eigenvalue weighted by Crippen LogP contribution is -2.14. The molecular formula is C20H19Cl2N3O2. The number of benzene rings is 2. The van der Waals surface area contributed by atoms with E-state index in [4.69, 9.17) is 27.9 Å². The number of amides is 1. The maximum atomic E-state index is 12.6. The molecule has 0 unspecified atom stereocenters. The van der Waals surface area contributed by atoms with Gasteiger partial charge in [0.1, 0.15) is 5.75 Å². The fourth-order valence-corrected chi connectivity index (χ4v) is 3.20. The van der Waals surface area contributed by atoms with Crippen molar-refractivity contribution in [1.82, 2.24) is 9.78 Å². The van der Waals surface area contributed by atoms with Crippen molar-refractivity contribution in [2.45, 2.75) is 20.4 Å². The Labute approximate surface area is 167 Å². The maximum Gasteiger partial charge on any atom is 0.260 e. The highest BCUT2D eigenvalue weighted by molar-refractivity contribution is 6.35. The summed E-state index contributed by atoms with van der Waals surface area (Å²) < 4.78 is 7.26. The monoisotopic (exact) mass is 403 g/mol. The SMILES string of the molecule is CCOc1ccccc1C(=O)Nc1cc(C)n(Cc2c(Cl)cccc2Cl)n1. The number of rotatable bonds is 6. The Hall–Kier alpha value is -2.50. The Bertz CT molecular complexity index is 949. The molecule has 1 N–H and O–H groups in total. The first kappa shape index (κ1) is 19.3. The third-order valence-electron chi connectivity index (χ3n) is 4.02. The van der Waals surface area contributed by atoms with Gasteiger partial charge in [-0.25, -0.2) is 0 Å². The van der Waals surface area contributed by atoms with Gasteiger partial charge in [-0.2, -0.15) is 5.10 Å². The summed E-state index contributed by atoms with van der Waals surface area (Å²) >= 11 is 12.5. The van der Waals surface area contributed by atoms with Gasteiger partial charge in [-0.3, -0.25) is 9.48 Å². The van der Waals surface area contributed by atoms with Crippen molar-refractivity contribution in [3.05, 3.63) is 75.4 Å². The van der Waals surface area contributed by atoms with E-state index in [1.165, 1.54) is 0 Å². The number of nitrogens with one attached hydrogen (secondary N) is 1. The van der Waals surface area contributed by atoms with Crippen LogP contribution in [-0.4, -0.2) is 22.3 Å². The van der Waals surface area contributed by atoms with E-state index in [0.717, 1.165) is 11.3 Å². The molecule has 0 aliphatic heterocycles. The fraction of sp³-hybridized carbons (Fsp3) is 0.200. The number of carbonyl (C=O) groups excluding carboxylic acids is 1. The van der Waals surface area contributed by atoms with E-state index in [2.05, 4.69) is 10.4 Å². The quantitative estimate of drug-likeness (QED) is 0.615. The van der Waals surface area contributed by atoms with Crippen molar-refractivity contribution in [1.29, 1.82) is 0 Å². The molecule has 5 nitrogen and oxygen atoms in total. The van der Waals surface area contributed by atoms with Gasteiger partial charge in [0.2, 0.25) is 0 Å². The minimum absolute atomic E-state index is 0.278. The number of nitrogens with zero attached hydrogens (tertiary/aromatic N) is 2. The molecule has 0 saturated carbocycles. The number of anilines is 1. The molecule has 0 saturated heterocycles. The highest BCUT2D eigenvalue weighted by Gasteiger charge is 2.15. The molecule has 2 aromatic carbocycles. The second-order valence-corrected chi connectivity index (χ2v) is 6.73. The standard InChI is InChI=1S/C20H19Cl2N3O2/c1-3-27-18-10-5-4-7-14(18)20(26)23-19-11-13(2)25(24-19)12-15-16(21)8-6-9-17(15)22/h4-11H,3,12H2,1-2H3,(H,23,24,26). The topological polar surface area (TPSA) is 56.1 Å². The second-order valence-electron chi connectivity index (χ2n) is 5.91. The Balaban J connectivity index is 1.80. The van der Waals surface area contributed by atoms with Crippen LogP contribution in [-0.2, 0) is 6.54 Å². The van der Waals surface area contributed by atoms with Crippen LogP contribution in [0.2, 0.25) is 10.0 Å². The fourth-order valence-electron chi connectivity index (χ4n) is 2.68. The number of para-hydroxylation sites is 1. The van der Waals surface area contributed by atoms with Gasteiger partial charge in [0.15, 0.2) is 5.82 Å². The molecule has 1 aromatic heterocycles. The summed E-state index contributed by atoms with van der Waals surface area (Å²) in [5, 5.41) is 8.43. The van der Waals surface area contributed by atoms with Crippen LogP contribution >= 0.6 is 23.2 Å². The van der Waals surface area contributed by atoms with Gasteiger partial charge in [0, 0.05) is 27.4 Å². The summed E-state index contributed by atoms with van der Waals surface area (Å²) in [6.07, 6.45) is 0. The number of aryl methyl sites for hydroxylation is 1. The molecule has 3 aromatic rings. The van der Waals surface area contributed by atoms with Gasteiger partial charge < -0.3 is 10.1 Å². The van der Waals surface area contributed by atoms with E-state index >= 15 is 0 Å². The van der Waals surface area contributed by atoms with Gasteiger partial charge in [-0.1, -0.05) is 41.4 Å². The summed E-state index contributed by atoms with van der Waals surface area (Å²) in [5.74, 6) is 0.711. The van der Waals surface area contributed by atoms with Crippen molar-refractivity contribution in [2.24, 2.45) is 0 Å². The Morgan fingerprint density at radius 2 is 1.85 bits per heavy atom. The molecule has 1 amide bonds. The summed E-state index contributed by atoms with van der Waals surface area (Å²) in [7, 11) is 0. The van der Waals surface area contributed by atoms with Crippen LogP contribution < -0.4 is 10.1 Å². The van der Waals surface area contributed by atoms with E-state index in [9.17, 15) is 4.79 Å². The lowest BCUT2D eigenvalue weighted by atomic mass is 10.2. The minimum atomic E-state index is -0.278. The number of ether oxygens (including phenoxy) is 1. The highest BCUT2D eigenvalue weighted by Crippen LogP contribution is 2.26. The first-order valence-electron chi connectivity index (χ1n) is 8.50.